The molecule has 0 heterocycles. The van der Waals surface area contributed by atoms with E-state index in [9.17, 15) is 0 Å². The summed E-state index contributed by atoms with van der Waals surface area (Å²) in [5, 5.41) is 3.59. The van der Waals surface area contributed by atoms with E-state index >= 15 is 0 Å². The third-order valence-corrected chi connectivity index (χ3v) is 3.85. The van der Waals surface area contributed by atoms with Crippen LogP contribution in [0.4, 0.5) is 11.4 Å². The summed E-state index contributed by atoms with van der Waals surface area (Å²) in [4.78, 5) is 2.38. The van der Waals surface area contributed by atoms with Gasteiger partial charge in [-0.25, -0.2) is 0 Å². The molecule has 21 heavy (non-hydrogen) atoms. The summed E-state index contributed by atoms with van der Waals surface area (Å²) in [5.74, 6) is 0. The van der Waals surface area contributed by atoms with Crippen LogP contribution < -0.4 is 10.2 Å². The van der Waals surface area contributed by atoms with Crippen molar-refractivity contribution in [1.29, 1.82) is 0 Å². The molecule has 2 heteroatoms. The van der Waals surface area contributed by atoms with Gasteiger partial charge in [0.1, 0.15) is 0 Å². The fourth-order valence-corrected chi connectivity index (χ4v) is 2.85. The number of nitrogens with one attached hydrogen (secondary N) is 1. The van der Waals surface area contributed by atoms with Crippen LogP contribution in [0.5, 0.6) is 0 Å². The van der Waals surface area contributed by atoms with Crippen molar-refractivity contribution in [3.05, 3.63) is 60.2 Å². The molecule has 1 unspecified atom stereocenters. The van der Waals surface area contributed by atoms with E-state index in [1.165, 1.54) is 16.9 Å². The lowest BCUT2D eigenvalue weighted by molar-refractivity contribution is 0.537. The summed E-state index contributed by atoms with van der Waals surface area (Å²) < 4.78 is 0. The first-order valence-corrected chi connectivity index (χ1v) is 7.96. The third kappa shape index (κ3) is 3.64. The molecule has 0 saturated heterocycles. The van der Waals surface area contributed by atoms with Gasteiger partial charge in [0.15, 0.2) is 0 Å². The standard InChI is InChI=1S/C19H26N2/c1-4-18(20-5-2)17-14-10-11-15-19(17)21(6-3)16-12-8-7-9-13-16/h7-15,18,20H,4-6H2,1-3H3. The summed E-state index contributed by atoms with van der Waals surface area (Å²) in [6.45, 7) is 8.56. The molecule has 112 valence electrons. The summed E-state index contributed by atoms with van der Waals surface area (Å²) in [6, 6.07) is 19.8. The average Bonchev–Trinajstić information content (AvgIpc) is 2.55. The second kappa shape index (κ2) is 7.84. The Morgan fingerprint density at radius 3 is 2.19 bits per heavy atom. The van der Waals surface area contributed by atoms with E-state index in [1.54, 1.807) is 0 Å². The zero-order valence-electron chi connectivity index (χ0n) is 13.3. The van der Waals surface area contributed by atoms with Crippen LogP contribution in [-0.2, 0) is 0 Å². The van der Waals surface area contributed by atoms with Crippen molar-refractivity contribution in [2.75, 3.05) is 18.0 Å². The maximum absolute atomic E-state index is 3.59. The van der Waals surface area contributed by atoms with E-state index < -0.39 is 0 Å². The van der Waals surface area contributed by atoms with E-state index in [0.29, 0.717) is 6.04 Å². The Morgan fingerprint density at radius 1 is 0.905 bits per heavy atom. The molecule has 1 N–H and O–H groups in total. The van der Waals surface area contributed by atoms with Crippen LogP contribution in [0, 0.1) is 0 Å². The molecule has 0 amide bonds. The van der Waals surface area contributed by atoms with Crippen molar-refractivity contribution < 1.29 is 0 Å². The quantitative estimate of drug-likeness (QED) is 0.776. The minimum atomic E-state index is 0.406. The van der Waals surface area contributed by atoms with Gasteiger partial charge in [-0.1, -0.05) is 50.2 Å². The molecule has 2 aromatic carbocycles. The Morgan fingerprint density at radius 2 is 1.57 bits per heavy atom. The molecular formula is C19H26N2. The number of anilines is 2. The topological polar surface area (TPSA) is 15.3 Å². The molecule has 0 spiro atoms. The SMILES string of the molecule is CCNC(CC)c1ccccc1N(CC)c1ccccc1. The van der Waals surface area contributed by atoms with Gasteiger partial charge in [-0.05, 0) is 43.7 Å². The first-order valence-electron chi connectivity index (χ1n) is 7.96. The van der Waals surface area contributed by atoms with Crippen LogP contribution in [0.25, 0.3) is 0 Å². The van der Waals surface area contributed by atoms with E-state index in [1.807, 2.05) is 0 Å². The number of rotatable bonds is 7. The van der Waals surface area contributed by atoms with Crippen molar-refractivity contribution in [2.45, 2.75) is 33.2 Å². The summed E-state index contributed by atoms with van der Waals surface area (Å²) >= 11 is 0. The predicted octanol–water partition coefficient (Wildman–Crippen LogP) is 4.91. The molecule has 0 aromatic heterocycles. The maximum atomic E-state index is 3.59. The van der Waals surface area contributed by atoms with Crippen molar-refractivity contribution in [2.24, 2.45) is 0 Å². The Balaban J connectivity index is 2.42. The molecule has 0 radical (unpaired) electrons. The summed E-state index contributed by atoms with van der Waals surface area (Å²) in [5.41, 5.74) is 3.94. The highest BCUT2D eigenvalue weighted by Crippen LogP contribution is 2.32. The Hall–Kier alpha value is -1.80. The van der Waals surface area contributed by atoms with Crippen molar-refractivity contribution in [3.63, 3.8) is 0 Å². The van der Waals surface area contributed by atoms with E-state index in [2.05, 4.69) is 85.6 Å². The van der Waals surface area contributed by atoms with E-state index in [4.69, 9.17) is 0 Å². The monoisotopic (exact) mass is 282 g/mol. The van der Waals surface area contributed by atoms with Gasteiger partial charge in [0.25, 0.3) is 0 Å². The lowest BCUT2D eigenvalue weighted by Gasteiger charge is -2.29. The molecule has 0 bridgehead atoms. The van der Waals surface area contributed by atoms with Crippen LogP contribution in [0.3, 0.4) is 0 Å². The normalized spacial score (nSPS) is 12.1. The van der Waals surface area contributed by atoms with Gasteiger partial charge in [-0.3, -0.25) is 0 Å². The van der Waals surface area contributed by atoms with Gasteiger partial charge in [-0.2, -0.15) is 0 Å². The fraction of sp³-hybridized carbons (Fsp3) is 0.368. The number of hydrogen-bond donors (Lipinski definition) is 1. The molecule has 0 aliphatic heterocycles. The molecule has 0 fully saturated rings. The first kappa shape index (κ1) is 15.6. The van der Waals surface area contributed by atoms with Crippen LogP contribution in [0.15, 0.2) is 54.6 Å². The lowest BCUT2D eigenvalue weighted by Crippen LogP contribution is -2.24. The van der Waals surface area contributed by atoms with Gasteiger partial charge in [-0.15, -0.1) is 0 Å². The molecule has 0 aliphatic rings. The predicted molar refractivity (Wildman–Crippen MR) is 92.3 cm³/mol. The number of benzene rings is 2. The Kier molecular flexibility index (Phi) is 5.82. The molecule has 2 aromatic rings. The van der Waals surface area contributed by atoms with Gasteiger partial charge < -0.3 is 10.2 Å². The maximum Gasteiger partial charge on any atom is 0.0459 e. The number of hydrogen-bond acceptors (Lipinski definition) is 2. The number of nitrogens with zero attached hydrogens (tertiary/aromatic N) is 1. The Labute approximate surface area is 128 Å². The van der Waals surface area contributed by atoms with Crippen LogP contribution >= 0.6 is 0 Å². The van der Waals surface area contributed by atoms with E-state index in [-0.39, 0.29) is 0 Å². The minimum Gasteiger partial charge on any atom is -0.341 e. The number of para-hydroxylation sites is 2. The smallest absolute Gasteiger partial charge is 0.0459 e. The molecule has 2 rings (SSSR count). The van der Waals surface area contributed by atoms with Crippen LogP contribution in [0.1, 0.15) is 38.8 Å². The second-order valence-corrected chi connectivity index (χ2v) is 5.16. The minimum absolute atomic E-state index is 0.406. The molecular weight excluding hydrogens is 256 g/mol. The van der Waals surface area contributed by atoms with Gasteiger partial charge in [0, 0.05) is 24.0 Å². The summed E-state index contributed by atoms with van der Waals surface area (Å²) in [7, 11) is 0. The molecule has 0 saturated carbocycles. The molecule has 2 nitrogen and oxygen atoms in total. The Bertz CT molecular complexity index is 536. The van der Waals surface area contributed by atoms with Crippen LogP contribution in [-0.4, -0.2) is 13.1 Å². The van der Waals surface area contributed by atoms with Crippen molar-refractivity contribution >= 4 is 11.4 Å². The largest absolute Gasteiger partial charge is 0.341 e. The lowest BCUT2D eigenvalue weighted by atomic mass is 10.0. The van der Waals surface area contributed by atoms with Gasteiger partial charge >= 0.3 is 0 Å². The highest BCUT2D eigenvalue weighted by atomic mass is 15.1. The average molecular weight is 282 g/mol. The highest BCUT2D eigenvalue weighted by molar-refractivity contribution is 5.67. The van der Waals surface area contributed by atoms with Gasteiger partial charge in [0.05, 0.1) is 0 Å². The summed E-state index contributed by atoms with van der Waals surface area (Å²) in [6.07, 6.45) is 1.09. The van der Waals surface area contributed by atoms with Crippen LogP contribution in [0.2, 0.25) is 0 Å². The molecule has 0 aliphatic carbocycles. The fourth-order valence-electron chi connectivity index (χ4n) is 2.85. The van der Waals surface area contributed by atoms with Crippen molar-refractivity contribution in [1.82, 2.24) is 5.32 Å². The first-order chi connectivity index (χ1) is 10.3. The third-order valence-electron chi connectivity index (χ3n) is 3.85. The van der Waals surface area contributed by atoms with Crippen molar-refractivity contribution in [3.8, 4) is 0 Å². The zero-order chi connectivity index (χ0) is 15.1. The molecule has 1 atom stereocenters. The van der Waals surface area contributed by atoms with Gasteiger partial charge in [0.2, 0.25) is 0 Å². The second-order valence-electron chi connectivity index (χ2n) is 5.16. The highest BCUT2D eigenvalue weighted by Gasteiger charge is 2.16. The van der Waals surface area contributed by atoms with E-state index in [0.717, 1.165) is 19.5 Å². The zero-order valence-corrected chi connectivity index (χ0v) is 13.3.